The van der Waals surface area contributed by atoms with Crippen molar-refractivity contribution in [1.29, 1.82) is 0 Å². The summed E-state index contributed by atoms with van der Waals surface area (Å²) in [7, 11) is 0. The first kappa shape index (κ1) is 14.3. The number of thioether (sulfide) groups is 1. The molecule has 0 bridgehead atoms. The monoisotopic (exact) mass is 320 g/mol. The van der Waals surface area contributed by atoms with Crippen LogP contribution in [0.2, 0.25) is 0 Å². The number of hydrogen-bond donors (Lipinski definition) is 0. The van der Waals surface area contributed by atoms with Crippen LogP contribution >= 0.6 is 11.8 Å². The highest BCUT2D eigenvalue weighted by Gasteiger charge is 2.17. The van der Waals surface area contributed by atoms with Gasteiger partial charge in [-0.3, -0.25) is 4.79 Å². The molecule has 0 saturated carbocycles. The fourth-order valence-electron chi connectivity index (χ4n) is 2.87. The predicted molar refractivity (Wildman–Crippen MR) is 93.9 cm³/mol. The van der Waals surface area contributed by atoms with Gasteiger partial charge in [0.2, 0.25) is 0 Å². The third-order valence-electron chi connectivity index (χ3n) is 4.02. The van der Waals surface area contributed by atoms with Gasteiger partial charge in [-0.1, -0.05) is 48.5 Å². The van der Waals surface area contributed by atoms with E-state index in [9.17, 15) is 4.79 Å². The molecule has 0 fully saturated rings. The van der Waals surface area contributed by atoms with Crippen molar-refractivity contribution >= 4 is 11.8 Å². The van der Waals surface area contributed by atoms with E-state index in [1.165, 1.54) is 4.90 Å². The summed E-state index contributed by atoms with van der Waals surface area (Å²) >= 11 is 1.83. The molecule has 0 spiro atoms. The number of nitrogens with zero attached hydrogens (tertiary/aromatic N) is 2. The highest BCUT2D eigenvalue weighted by molar-refractivity contribution is 7.99. The molecule has 2 aromatic carbocycles. The van der Waals surface area contributed by atoms with Gasteiger partial charge in [0.15, 0.2) is 0 Å². The molecule has 0 saturated heterocycles. The summed E-state index contributed by atoms with van der Waals surface area (Å²) in [5.74, 6) is 0.980. The van der Waals surface area contributed by atoms with Crippen molar-refractivity contribution < 1.29 is 0 Å². The lowest BCUT2D eigenvalue weighted by atomic mass is 10.1. The minimum Gasteiger partial charge on any atom is -0.268 e. The Labute approximate surface area is 139 Å². The molecule has 114 valence electrons. The van der Waals surface area contributed by atoms with Gasteiger partial charge >= 0.3 is 0 Å². The topological polar surface area (TPSA) is 34.9 Å². The molecule has 0 atom stereocenters. The number of aryl methyl sites for hydroxylation is 1. The Morgan fingerprint density at radius 1 is 1.04 bits per heavy atom. The Kier molecular flexibility index (Phi) is 3.75. The zero-order chi connectivity index (χ0) is 15.6. The van der Waals surface area contributed by atoms with Crippen molar-refractivity contribution in [1.82, 2.24) is 9.78 Å². The van der Waals surface area contributed by atoms with Crippen LogP contribution in [0.3, 0.4) is 0 Å². The van der Waals surface area contributed by atoms with Crippen LogP contribution in [0.1, 0.15) is 11.1 Å². The molecular formula is C19H16N2OS. The second kappa shape index (κ2) is 6.05. The number of fused-ring (bicyclic) bond motifs is 3. The number of aromatic nitrogens is 2. The molecule has 0 aliphatic carbocycles. The number of hydrogen-bond acceptors (Lipinski definition) is 3. The van der Waals surface area contributed by atoms with Crippen LogP contribution < -0.4 is 5.56 Å². The molecule has 1 aromatic heterocycles. The molecule has 0 amide bonds. The largest absolute Gasteiger partial charge is 0.268 e. The van der Waals surface area contributed by atoms with Crippen molar-refractivity contribution in [3.8, 4) is 11.3 Å². The van der Waals surface area contributed by atoms with Gasteiger partial charge in [0, 0.05) is 22.3 Å². The van der Waals surface area contributed by atoms with E-state index in [4.69, 9.17) is 5.10 Å². The second-order valence-corrected chi connectivity index (χ2v) is 6.73. The first-order valence-electron chi connectivity index (χ1n) is 7.68. The zero-order valence-electron chi connectivity index (χ0n) is 12.6. The lowest BCUT2D eigenvalue weighted by Crippen LogP contribution is -2.24. The van der Waals surface area contributed by atoms with Crippen LogP contribution in [-0.2, 0) is 13.0 Å². The Morgan fingerprint density at radius 2 is 1.83 bits per heavy atom. The second-order valence-electron chi connectivity index (χ2n) is 5.59. The summed E-state index contributed by atoms with van der Waals surface area (Å²) in [6, 6.07) is 20.0. The van der Waals surface area contributed by atoms with Crippen molar-refractivity contribution in [2.45, 2.75) is 17.9 Å². The summed E-state index contributed by atoms with van der Waals surface area (Å²) in [6.45, 7) is 0.502. The van der Waals surface area contributed by atoms with E-state index < -0.39 is 0 Å². The first-order valence-corrected chi connectivity index (χ1v) is 8.67. The third kappa shape index (κ3) is 2.82. The van der Waals surface area contributed by atoms with Crippen LogP contribution in [0, 0.1) is 0 Å². The van der Waals surface area contributed by atoms with E-state index in [0.29, 0.717) is 6.54 Å². The van der Waals surface area contributed by atoms with Gasteiger partial charge in [-0.25, -0.2) is 4.68 Å². The Morgan fingerprint density at radius 3 is 2.70 bits per heavy atom. The normalized spacial score (nSPS) is 13.0. The van der Waals surface area contributed by atoms with Gasteiger partial charge in [0.25, 0.3) is 5.56 Å². The summed E-state index contributed by atoms with van der Waals surface area (Å²) in [5.41, 5.74) is 4.18. The average molecular weight is 320 g/mol. The molecule has 23 heavy (non-hydrogen) atoms. The molecule has 4 rings (SSSR count). The summed E-state index contributed by atoms with van der Waals surface area (Å²) in [4.78, 5) is 13.7. The Bertz CT molecular complexity index is 903. The third-order valence-corrected chi connectivity index (χ3v) is 5.10. The number of benzene rings is 2. The predicted octanol–water partition coefficient (Wildman–Crippen LogP) is 3.61. The highest BCUT2D eigenvalue weighted by Crippen LogP contribution is 2.35. The molecule has 1 aliphatic rings. The quantitative estimate of drug-likeness (QED) is 0.723. The molecule has 0 unspecified atom stereocenters. The van der Waals surface area contributed by atoms with E-state index in [2.05, 4.69) is 18.2 Å². The maximum absolute atomic E-state index is 12.4. The standard InChI is InChI=1S/C19H16N2OS/c22-18-12-15-10-11-23-17-9-5-4-8-16(17)19(15)20-21(18)13-14-6-2-1-3-7-14/h1-9,12H,10-11,13H2. The van der Waals surface area contributed by atoms with Crippen LogP contribution in [-0.4, -0.2) is 15.5 Å². The molecule has 0 radical (unpaired) electrons. The highest BCUT2D eigenvalue weighted by atomic mass is 32.2. The van der Waals surface area contributed by atoms with Crippen molar-refractivity contribution in [2.75, 3.05) is 5.75 Å². The summed E-state index contributed by atoms with van der Waals surface area (Å²) in [6.07, 6.45) is 0.878. The first-order chi connectivity index (χ1) is 11.3. The minimum atomic E-state index is -0.0306. The van der Waals surface area contributed by atoms with Crippen LogP contribution in [0.25, 0.3) is 11.3 Å². The smallest absolute Gasteiger partial charge is 0.267 e. The van der Waals surface area contributed by atoms with Crippen molar-refractivity contribution in [3.63, 3.8) is 0 Å². The minimum absolute atomic E-state index is 0.0306. The molecular weight excluding hydrogens is 304 g/mol. The van der Waals surface area contributed by atoms with E-state index in [0.717, 1.165) is 34.6 Å². The van der Waals surface area contributed by atoms with E-state index in [-0.39, 0.29) is 5.56 Å². The van der Waals surface area contributed by atoms with Gasteiger partial charge in [-0.2, -0.15) is 5.10 Å². The van der Waals surface area contributed by atoms with Gasteiger partial charge in [-0.15, -0.1) is 11.8 Å². The van der Waals surface area contributed by atoms with Gasteiger partial charge in [-0.05, 0) is 23.6 Å². The SMILES string of the molecule is O=c1cc2c(nn1Cc1ccccc1)-c1ccccc1SCC2. The number of rotatable bonds is 2. The molecule has 1 aliphatic heterocycles. The van der Waals surface area contributed by atoms with Crippen LogP contribution in [0.4, 0.5) is 0 Å². The maximum atomic E-state index is 12.4. The maximum Gasteiger partial charge on any atom is 0.267 e. The zero-order valence-corrected chi connectivity index (χ0v) is 13.4. The van der Waals surface area contributed by atoms with E-state index in [1.54, 1.807) is 10.7 Å². The molecule has 3 aromatic rings. The fourth-order valence-corrected chi connectivity index (χ4v) is 3.91. The van der Waals surface area contributed by atoms with Crippen molar-refractivity contribution in [2.24, 2.45) is 0 Å². The Hall–Kier alpha value is -2.33. The van der Waals surface area contributed by atoms with Crippen molar-refractivity contribution in [3.05, 3.63) is 82.1 Å². The molecule has 0 N–H and O–H groups in total. The van der Waals surface area contributed by atoms with Crippen LogP contribution in [0.15, 0.2) is 70.4 Å². The van der Waals surface area contributed by atoms with Gasteiger partial charge < -0.3 is 0 Å². The molecule has 2 heterocycles. The summed E-state index contributed by atoms with van der Waals surface area (Å²) in [5, 5.41) is 4.70. The van der Waals surface area contributed by atoms with Crippen LogP contribution in [0.5, 0.6) is 0 Å². The lowest BCUT2D eigenvalue weighted by Gasteiger charge is -2.11. The molecule has 4 heteroatoms. The average Bonchev–Trinajstić information content (AvgIpc) is 2.75. The fraction of sp³-hybridized carbons (Fsp3) is 0.158. The molecule has 3 nitrogen and oxygen atoms in total. The van der Waals surface area contributed by atoms with E-state index >= 15 is 0 Å². The summed E-state index contributed by atoms with van der Waals surface area (Å²) < 4.78 is 1.57. The van der Waals surface area contributed by atoms with Gasteiger partial charge in [0.1, 0.15) is 0 Å². The van der Waals surface area contributed by atoms with E-state index in [1.807, 2.05) is 48.2 Å². The Balaban J connectivity index is 1.84. The lowest BCUT2D eigenvalue weighted by molar-refractivity contribution is 0.638. The van der Waals surface area contributed by atoms with Gasteiger partial charge in [0.05, 0.1) is 12.2 Å².